The summed E-state index contributed by atoms with van der Waals surface area (Å²) in [5.74, 6) is -2.30. The van der Waals surface area contributed by atoms with Gasteiger partial charge in [-0.1, -0.05) is 41.9 Å². The summed E-state index contributed by atoms with van der Waals surface area (Å²) in [6.07, 6.45) is -0.556. The van der Waals surface area contributed by atoms with Crippen LogP contribution < -0.4 is 0 Å². The van der Waals surface area contributed by atoms with Gasteiger partial charge < -0.3 is 15.0 Å². The summed E-state index contributed by atoms with van der Waals surface area (Å²) in [4.78, 5) is 29.7. The minimum absolute atomic E-state index is 0.0879. The SMILES string of the molecule is O=C(c1cnn([C@H]2CC[C@H](C(=O)O)CC2)c1C(F)(F)F)N(CCc1c[nH]c2ccccc12)Cc1ccc(Cl)cc1. The number of nitrogens with one attached hydrogen (secondary N) is 1. The Kier molecular flexibility index (Phi) is 7.89. The third-order valence-electron chi connectivity index (χ3n) is 7.59. The van der Waals surface area contributed by atoms with Crippen LogP contribution >= 0.6 is 11.6 Å². The molecule has 2 aromatic carbocycles. The van der Waals surface area contributed by atoms with E-state index in [1.807, 2.05) is 30.5 Å². The topological polar surface area (TPSA) is 91.2 Å². The Bertz CT molecular complexity index is 1500. The minimum atomic E-state index is -4.83. The largest absolute Gasteiger partial charge is 0.481 e. The molecule has 4 aromatic rings. The maximum absolute atomic E-state index is 14.4. The van der Waals surface area contributed by atoms with E-state index in [0.717, 1.165) is 32.9 Å². The van der Waals surface area contributed by atoms with Gasteiger partial charge in [0.15, 0.2) is 5.69 Å². The number of carbonyl (C=O) groups excluding carboxylic acids is 1. The molecule has 0 spiro atoms. The van der Waals surface area contributed by atoms with Crippen molar-refractivity contribution in [1.29, 1.82) is 0 Å². The van der Waals surface area contributed by atoms with Crippen molar-refractivity contribution in [1.82, 2.24) is 19.7 Å². The highest BCUT2D eigenvalue weighted by molar-refractivity contribution is 6.30. The quantitative estimate of drug-likeness (QED) is 0.245. The van der Waals surface area contributed by atoms with Crippen LogP contribution in [0.3, 0.4) is 0 Å². The summed E-state index contributed by atoms with van der Waals surface area (Å²) in [7, 11) is 0. The van der Waals surface area contributed by atoms with E-state index in [9.17, 15) is 27.9 Å². The number of aliphatic carboxylic acids is 1. The van der Waals surface area contributed by atoms with Gasteiger partial charge in [0.05, 0.1) is 23.7 Å². The molecule has 0 atom stereocenters. The van der Waals surface area contributed by atoms with E-state index in [0.29, 0.717) is 11.4 Å². The molecule has 0 unspecified atom stereocenters. The number of H-pyrrole nitrogens is 1. The zero-order valence-electron chi connectivity index (χ0n) is 21.5. The standard InChI is InChI=1S/C29H28ClF3N4O3/c30-21-9-5-18(6-10-21)17-36(14-13-20-15-34-25-4-2-1-3-23(20)25)27(38)24-16-35-37(26(24)29(31,32)33)22-11-7-19(8-12-22)28(39)40/h1-6,9-10,15-16,19,22,34H,7-8,11-14,17H2,(H,39,40)/t19-,22-. The van der Waals surface area contributed by atoms with Crippen molar-refractivity contribution >= 4 is 34.4 Å². The van der Waals surface area contributed by atoms with Crippen LogP contribution in [0.2, 0.25) is 5.02 Å². The molecule has 7 nitrogen and oxygen atoms in total. The predicted octanol–water partition coefficient (Wildman–Crippen LogP) is 6.74. The van der Waals surface area contributed by atoms with E-state index in [1.54, 1.807) is 24.3 Å². The first kappa shape index (κ1) is 27.8. The Morgan fingerprint density at radius 2 is 1.77 bits per heavy atom. The molecule has 1 aliphatic rings. The van der Waals surface area contributed by atoms with Crippen LogP contribution in [0, 0.1) is 5.92 Å². The molecule has 0 saturated heterocycles. The first-order valence-corrected chi connectivity index (χ1v) is 13.5. The number of aromatic nitrogens is 3. The summed E-state index contributed by atoms with van der Waals surface area (Å²) in [5.41, 5.74) is 1.01. The zero-order chi connectivity index (χ0) is 28.4. The number of hydrogen-bond donors (Lipinski definition) is 2. The lowest BCUT2D eigenvalue weighted by molar-refractivity contribution is -0.147. The van der Waals surface area contributed by atoms with E-state index in [2.05, 4.69) is 10.1 Å². The number of hydrogen-bond acceptors (Lipinski definition) is 3. The van der Waals surface area contributed by atoms with Crippen molar-refractivity contribution < 1.29 is 27.9 Å². The van der Waals surface area contributed by atoms with E-state index >= 15 is 0 Å². The van der Waals surface area contributed by atoms with Crippen molar-refractivity contribution in [3.63, 3.8) is 0 Å². The number of para-hydroxylation sites is 1. The highest BCUT2D eigenvalue weighted by Crippen LogP contribution is 2.39. The summed E-state index contributed by atoms with van der Waals surface area (Å²) in [5, 5.41) is 14.8. The second-order valence-corrected chi connectivity index (χ2v) is 10.6. The van der Waals surface area contributed by atoms with Gasteiger partial charge in [0.2, 0.25) is 0 Å². The number of amides is 1. The number of carboxylic acid groups (broad SMARTS) is 1. The summed E-state index contributed by atoms with van der Waals surface area (Å²) >= 11 is 6.01. The summed E-state index contributed by atoms with van der Waals surface area (Å²) in [6.45, 7) is 0.264. The summed E-state index contributed by atoms with van der Waals surface area (Å²) < 4.78 is 44.2. The fraction of sp³-hybridized carbons (Fsp3) is 0.345. The average Bonchev–Trinajstić information content (AvgIpc) is 3.57. The molecular weight excluding hydrogens is 545 g/mol. The monoisotopic (exact) mass is 572 g/mol. The maximum atomic E-state index is 14.4. The van der Waals surface area contributed by atoms with Crippen molar-refractivity contribution in [3.05, 3.63) is 88.3 Å². The van der Waals surface area contributed by atoms with Gasteiger partial charge in [0, 0.05) is 35.2 Å². The molecule has 210 valence electrons. The molecule has 1 saturated carbocycles. The van der Waals surface area contributed by atoms with Crippen LogP contribution in [0.1, 0.15) is 58.9 Å². The molecule has 1 amide bonds. The molecule has 0 bridgehead atoms. The van der Waals surface area contributed by atoms with Gasteiger partial charge in [0.1, 0.15) is 0 Å². The first-order valence-electron chi connectivity index (χ1n) is 13.1. The predicted molar refractivity (Wildman–Crippen MR) is 144 cm³/mol. The number of fused-ring (bicyclic) bond motifs is 1. The second-order valence-electron chi connectivity index (χ2n) is 10.2. The van der Waals surface area contributed by atoms with Crippen molar-refractivity contribution in [2.24, 2.45) is 5.92 Å². The average molecular weight is 573 g/mol. The van der Waals surface area contributed by atoms with E-state index in [-0.39, 0.29) is 38.8 Å². The lowest BCUT2D eigenvalue weighted by atomic mass is 9.86. The molecule has 2 heterocycles. The Balaban J connectivity index is 1.45. The Hall–Kier alpha value is -3.79. The van der Waals surface area contributed by atoms with Gasteiger partial charge in [-0.25, -0.2) is 0 Å². The van der Waals surface area contributed by atoms with Crippen LogP contribution in [0.4, 0.5) is 13.2 Å². The molecule has 1 fully saturated rings. The van der Waals surface area contributed by atoms with Gasteiger partial charge in [-0.2, -0.15) is 18.3 Å². The minimum Gasteiger partial charge on any atom is -0.481 e. The van der Waals surface area contributed by atoms with Crippen LogP contribution in [-0.2, 0) is 23.9 Å². The maximum Gasteiger partial charge on any atom is 0.433 e. The number of halogens is 4. The van der Waals surface area contributed by atoms with Gasteiger partial charge in [-0.3, -0.25) is 14.3 Å². The van der Waals surface area contributed by atoms with Crippen molar-refractivity contribution in [2.75, 3.05) is 6.54 Å². The second kappa shape index (κ2) is 11.4. The third kappa shape index (κ3) is 5.86. The van der Waals surface area contributed by atoms with Crippen molar-refractivity contribution in [3.8, 4) is 0 Å². The highest BCUT2D eigenvalue weighted by atomic mass is 35.5. The molecular formula is C29H28ClF3N4O3. The Morgan fingerprint density at radius 1 is 1.07 bits per heavy atom. The van der Waals surface area contributed by atoms with Gasteiger partial charge in [-0.15, -0.1) is 0 Å². The Morgan fingerprint density at radius 3 is 2.45 bits per heavy atom. The fourth-order valence-corrected chi connectivity index (χ4v) is 5.60. The molecule has 11 heteroatoms. The van der Waals surface area contributed by atoms with Crippen LogP contribution in [-0.4, -0.2) is 43.2 Å². The smallest absolute Gasteiger partial charge is 0.433 e. The number of carbonyl (C=O) groups is 2. The van der Waals surface area contributed by atoms with Gasteiger partial charge in [-0.05, 0) is 61.4 Å². The number of nitrogens with zero attached hydrogens (tertiary/aromatic N) is 3. The zero-order valence-corrected chi connectivity index (χ0v) is 22.3. The summed E-state index contributed by atoms with van der Waals surface area (Å²) in [6, 6.07) is 13.9. The number of carboxylic acids is 1. The molecule has 1 aliphatic carbocycles. The van der Waals surface area contributed by atoms with Crippen LogP contribution in [0.15, 0.2) is 60.9 Å². The molecule has 2 N–H and O–H groups in total. The normalized spacial score (nSPS) is 17.7. The number of rotatable bonds is 8. The number of aromatic amines is 1. The third-order valence-corrected chi connectivity index (χ3v) is 7.84. The van der Waals surface area contributed by atoms with Crippen LogP contribution in [0.25, 0.3) is 10.9 Å². The molecule has 2 aromatic heterocycles. The molecule has 40 heavy (non-hydrogen) atoms. The number of benzene rings is 2. The van der Waals surface area contributed by atoms with E-state index in [4.69, 9.17) is 11.6 Å². The van der Waals surface area contributed by atoms with E-state index in [1.165, 1.54) is 4.90 Å². The van der Waals surface area contributed by atoms with Gasteiger partial charge >= 0.3 is 12.1 Å². The lowest BCUT2D eigenvalue weighted by Crippen LogP contribution is -2.34. The van der Waals surface area contributed by atoms with Gasteiger partial charge in [0.25, 0.3) is 5.91 Å². The lowest BCUT2D eigenvalue weighted by Gasteiger charge is -2.28. The van der Waals surface area contributed by atoms with Crippen molar-refractivity contribution in [2.45, 2.75) is 50.9 Å². The molecule has 0 aliphatic heterocycles. The highest BCUT2D eigenvalue weighted by Gasteiger charge is 2.43. The molecule has 5 rings (SSSR count). The first-order chi connectivity index (χ1) is 19.1. The van der Waals surface area contributed by atoms with E-state index < -0.39 is 41.3 Å². The Labute approximate surface area is 233 Å². The number of alkyl halides is 3. The fourth-order valence-electron chi connectivity index (χ4n) is 5.47. The molecule has 0 radical (unpaired) electrons. The van der Waals surface area contributed by atoms with Crippen LogP contribution in [0.5, 0.6) is 0 Å².